The highest BCUT2D eigenvalue weighted by Crippen LogP contribution is 2.52. The van der Waals surface area contributed by atoms with Crippen molar-refractivity contribution in [3.63, 3.8) is 0 Å². The topological polar surface area (TPSA) is 18.5 Å². The Kier molecular flexibility index (Phi) is 3.53. The Labute approximate surface area is 120 Å². The van der Waals surface area contributed by atoms with Crippen molar-refractivity contribution >= 4 is 10.8 Å². The molecule has 0 spiro atoms. The lowest BCUT2D eigenvalue weighted by Crippen LogP contribution is -2.39. The van der Waals surface area contributed by atoms with Gasteiger partial charge in [0, 0.05) is 19.6 Å². The molecule has 1 atom stereocenters. The van der Waals surface area contributed by atoms with Gasteiger partial charge in [-0.05, 0) is 34.2 Å². The van der Waals surface area contributed by atoms with E-state index in [1.54, 1.807) is 14.2 Å². The van der Waals surface area contributed by atoms with Crippen LogP contribution in [0.15, 0.2) is 36.4 Å². The summed E-state index contributed by atoms with van der Waals surface area (Å²) in [7, 11) is 3.57. The summed E-state index contributed by atoms with van der Waals surface area (Å²) in [6.45, 7) is 3.66. The molecule has 2 heteroatoms. The van der Waals surface area contributed by atoms with Gasteiger partial charge in [-0.2, -0.15) is 0 Å². The minimum Gasteiger partial charge on any atom is -0.384 e. The number of ether oxygens (including phenoxy) is 2. The SMILES string of the molecule is CCC1c2cccc3cccc(c23)C1(COC)COC. The quantitative estimate of drug-likeness (QED) is 0.821. The van der Waals surface area contributed by atoms with Crippen molar-refractivity contribution in [2.75, 3.05) is 27.4 Å². The van der Waals surface area contributed by atoms with Crippen molar-refractivity contribution in [3.8, 4) is 0 Å². The van der Waals surface area contributed by atoms with E-state index in [2.05, 4.69) is 43.3 Å². The van der Waals surface area contributed by atoms with Crippen LogP contribution in [-0.4, -0.2) is 27.4 Å². The third-order valence-corrected chi connectivity index (χ3v) is 4.73. The summed E-state index contributed by atoms with van der Waals surface area (Å²) in [6.07, 6.45) is 1.10. The van der Waals surface area contributed by atoms with E-state index in [0.717, 1.165) is 6.42 Å². The van der Waals surface area contributed by atoms with Crippen LogP contribution in [-0.2, 0) is 14.9 Å². The molecule has 2 nitrogen and oxygen atoms in total. The molecule has 2 aromatic carbocycles. The maximum absolute atomic E-state index is 5.60. The van der Waals surface area contributed by atoms with Gasteiger partial charge in [0.25, 0.3) is 0 Å². The molecular weight excluding hydrogens is 248 g/mol. The fourth-order valence-electron chi connectivity index (χ4n) is 4.08. The molecule has 1 unspecified atom stereocenters. The van der Waals surface area contributed by atoms with Crippen molar-refractivity contribution in [1.29, 1.82) is 0 Å². The highest BCUT2D eigenvalue weighted by Gasteiger charge is 2.47. The molecule has 0 saturated heterocycles. The van der Waals surface area contributed by atoms with Crippen molar-refractivity contribution in [2.45, 2.75) is 24.7 Å². The van der Waals surface area contributed by atoms with Crippen LogP contribution >= 0.6 is 0 Å². The van der Waals surface area contributed by atoms with E-state index in [9.17, 15) is 0 Å². The maximum Gasteiger partial charge on any atom is 0.0587 e. The van der Waals surface area contributed by atoms with E-state index in [1.165, 1.54) is 21.9 Å². The summed E-state index contributed by atoms with van der Waals surface area (Å²) >= 11 is 0. The second-order valence-corrected chi connectivity index (χ2v) is 5.73. The van der Waals surface area contributed by atoms with Crippen molar-refractivity contribution in [3.05, 3.63) is 47.5 Å². The average molecular weight is 270 g/mol. The predicted octanol–water partition coefficient (Wildman–Crippen LogP) is 3.88. The molecule has 1 aliphatic rings. The Balaban J connectivity index is 2.29. The lowest BCUT2D eigenvalue weighted by atomic mass is 9.73. The van der Waals surface area contributed by atoms with Crippen molar-refractivity contribution < 1.29 is 9.47 Å². The van der Waals surface area contributed by atoms with Gasteiger partial charge in [-0.1, -0.05) is 43.3 Å². The highest BCUT2D eigenvalue weighted by molar-refractivity contribution is 5.93. The fourth-order valence-corrected chi connectivity index (χ4v) is 4.08. The number of rotatable bonds is 5. The number of methoxy groups -OCH3 is 2. The van der Waals surface area contributed by atoms with Crippen molar-refractivity contribution in [2.24, 2.45) is 0 Å². The summed E-state index contributed by atoms with van der Waals surface area (Å²) in [5.74, 6) is 0.462. The van der Waals surface area contributed by atoms with Crippen molar-refractivity contribution in [1.82, 2.24) is 0 Å². The molecule has 0 radical (unpaired) electrons. The van der Waals surface area contributed by atoms with Gasteiger partial charge >= 0.3 is 0 Å². The first-order valence-electron chi connectivity index (χ1n) is 7.28. The molecule has 3 rings (SSSR count). The lowest BCUT2D eigenvalue weighted by Gasteiger charge is -2.35. The molecule has 0 saturated carbocycles. The molecule has 20 heavy (non-hydrogen) atoms. The second-order valence-electron chi connectivity index (χ2n) is 5.73. The monoisotopic (exact) mass is 270 g/mol. The van der Waals surface area contributed by atoms with E-state index in [-0.39, 0.29) is 5.41 Å². The summed E-state index contributed by atoms with van der Waals surface area (Å²) in [5.41, 5.74) is 2.79. The fraction of sp³-hybridized carbons (Fsp3) is 0.444. The van der Waals surface area contributed by atoms with Gasteiger partial charge in [0.2, 0.25) is 0 Å². The van der Waals surface area contributed by atoms with E-state index >= 15 is 0 Å². The summed E-state index contributed by atoms with van der Waals surface area (Å²) in [5, 5.41) is 2.74. The molecule has 0 aliphatic heterocycles. The zero-order chi connectivity index (χ0) is 14.2. The minimum atomic E-state index is -0.0541. The van der Waals surface area contributed by atoms with E-state index in [0.29, 0.717) is 19.1 Å². The Morgan fingerprint density at radius 1 is 1.00 bits per heavy atom. The van der Waals surface area contributed by atoms with Gasteiger partial charge in [0.1, 0.15) is 0 Å². The van der Waals surface area contributed by atoms with Crippen LogP contribution in [0.4, 0.5) is 0 Å². The molecule has 106 valence electrons. The van der Waals surface area contributed by atoms with Crippen LogP contribution in [0.25, 0.3) is 10.8 Å². The largest absolute Gasteiger partial charge is 0.384 e. The Morgan fingerprint density at radius 2 is 1.65 bits per heavy atom. The van der Waals surface area contributed by atoms with Crippen LogP contribution < -0.4 is 0 Å². The highest BCUT2D eigenvalue weighted by atomic mass is 16.5. The zero-order valence-corrected chi connectivity index (χ0v) is 12.5. The first-order chi connectivity index (χ1) is 9.78. The van der Waals surface area contributed by atoms with E-state index in [4.69, 9.17) is 9.47 Å². The van der Waals surface area contributed by atoms with Gasteiger partial charge in [0.05, 0.1) is 13.2 Å². The Hall–Kier alpha value is -1.38. The van der Waals surface area contributed by atoms with Gasteiger partial charge in [-0.3, -0.25) is 0 Å². The van der Waals surface area contributed by atoms with Crippen LogP contribution in [0, 0.1) is 0 Å². The summed E-state index contributed by atoms with van der Waals surface area (Å²) in [4.78, 5) is 0. The maximum atomic E-state index is 5.60. The third-order valence-electron chi connectivity index (χ3n) is 4.73. The van der Waals surface area contributed by atoms with Gasteiger partial charge in [0.15, 0.2) is 0 Å². The number of hydrogen-bond acceptors (Lipinski definition) is 2. The standard InChI is InChI=1S/C18H22O2/c1-4-15-14-9-5-7-13-8-6-10-16(17(13)14)18(15,11-19-2)12-20-3/h5-10,15H,4,11-12H2,1-3H3. The molecule has 0 aromatic heterocycles. The molecule has 0 heterocycles. The predicted molar refractivity (Wildman–Crippen MR) is 82.4 cm³/mol. The molecular formula is C18H22O2. The molecule has 2 aromatic rings. The first-order valence-corrected chi connectivity index (χ1v) is 7.28. The normalized spacial score (nSPS) is 19.6. The first kappa shape index (κ1) is 13.6. The lowest BCUT2D eigenvalue weighted by molar-refractivity contribution is 0.0463. The molecule has 0 fully saturated rings. The molecule has 0 bridgehead atoms. The summed E-state index contributed by atoms with van der Waals surface area (Å²) in [6, 6.07) is 13.2. The van der Waals surface area contributed by atoms with Crippen LogP contribution in [0.2, 0.25) is 0 Å². The zero-order valence-electron chi connectivity index (χ0n) is 12.5. The molecule has 0 N–H and O–H groups in total. The van der Waals surface area contributed by atoms with Crippen LogP contribution in [0.3, 0.4) is 0 Å². The average Bonchev–Trinajstić information content (AvgIpc) is 2.72. The molecule has 0 amide bonds. The smallest absolute Gasteiger partial charge is 0.0587 e. The third kappa shape index (κ3) is 1.72. The van der Waals surface area contributed by atoms with Crippen LogP contribution in [0.5, 0.6) is 0 Å². The van der Waals surface area contributed by atoms with Gasteiger partial charge in [-0.25, -0.2) is 0 Å². The molecule has 1 aliphatic carbocycles. The number of hydrogen-bond donors (Lipinski definition) is 0. The van der Waals surface area contributed by atoms with Crippen LogP contribution in [0.1, 0.15) is 30.4 Å². The Morgan fingerprint density at radius 3 is 2.25 bits per heavy atom. The van der Waals surface area contributed by atoms with E-state index < -0.39 is 0 Å². The summed E-state index contributed by atoms with van der Waals surface area (Å²) < 4.78 is 11.2. The van der Waals surface area contributed by atoms with Gasteiger partial charge < -0.3 is 9.47 Å². The van der Waals surface area contributed by atoms with E-state index in [1.807, 2.05) is 0 Å². The second kappa shape index (κ2) is 5.19. The number of benzene rings is 2. The Bertz CT molecular complexity index is 607. The minimum absolute atomic E-state index is 0.0541. The van der Waals surface area contributed by atoms with Gasteiger partial charge in [-0.15, -0.1) is 0 Å².